The number of nitrogens with zero attached hydrogens (tertiary/aromatic N) is 4. The summed E-state index contributed by atoms with van der Waals surface area (Å²) in [6.07, 6.45) is 1.63. The molecular weight excluding hydrogens is 406 g/mol. The SMILES string of the molecule is Cc1ccc2c(c1)C(=O)N(CCC(=O)Nc1ccnn1Cc1ccc(N(C)C)cc1)C2=O. The normalized spacial score (nSPS) is 12.8. The van der Waals surface area contributed by atoms with E-state index in [0.717, 1.165) is 21.7 Å². The summed E-state index contributed by atoms with van der Waals surface area (Å²) in [5.74, 6) is -0.441. The van der Waals surface area contributed by atoms with Gasteiger partial charge in [0.15, 0.2) is 0 Å². The van der Waals surface area contributed by atoms with Gasteiger partial charge in [0, 0.05) is 38.8 Å². The number of carbonyl (C=O) groups is 3. The number of anilines is 2. The fourth-order valence-corrected chi connectivity index (χ4v) is 3.66. The average molecular weight is 431 g/mol. The smallest absolute Gasteiger partial charge is 0.261 e. The lowest BCUT2D eigenvalue weighted by Crippen LogP contribution is -2.33. The first-order valence-corrected chi connectivity index (χ1v) is 10.4. The summed E-state index contributed by atoms with van der Waals surface area (Å²) in [6.45, 7) is 2.40. The van der Waals surface area contributed by atoms with Crippen molar-refractivity contribution in [2.45, 2.75) is 19.9 Å². The van der Waals surface area contributed by atoms with Crippen LogP contribution in [0.15, 0.2) is 54.7 Å². The van der Waals surface area contributed by atoms with E-state index < -0.39 is 0 Å². The van der Waals surface area contributed by atoms with Crippen LogP contribution in [-0.4, -0.2) is 53.0 Å². The minimum absolute atomic E-state index is 0.00711. The predicted octanol–water partition coefficient (Wildman–Crippen LogP) is 2.93. The summed E-state index contributed by atoms with van der Waals surface area (Å²) in [5, 5.41) is 7.12. The maximum absolute atomic E-state index is 12.6. The first kappa shape index (κ1) is 21.3. The van der Waals surface area contributed by atoms with Gasteiger partial charge in [0.25, 0.3) is 11.8 Å². The maximum atomic E-state index is 12.6. The monoisotopic (exact) mass is 431 g/mol. The molecule has 32 heavy (non-hydrogen) atoms. The number of carbonyl (C=O) groups excluding carboxylic acids is 3. The maximum Gasteiger partial charge on any atom is 0.261 e. The zero-order valence-corrected chi connectivity index (χ0v) is 18.3. The molecule has 0 aliphatic carbocycles. The molecule has 8 nitrogen and oxygen atoms in total. The highest BCUT2D eigenvalue weighted by Crippen LogP contribution is 2.24. The Hall–Kier alpha value is -3.94. The summed E-state index contributed by atoms with van der Waals surface area (Å²) in [4.78, 5) is 40.8. The van der Waals surface area contributed by atoms with Crippen LogP contribution < -0.4 is 10.2 Å². The second kappa shape index (κ2) is 8.66. The zero-order valence-electron chi connectivity index (χ0n) is 18.3. The molecule has 1 aromatic heterocycles. The first-order valence-electron chi connectivity index (χ1n) is 10.4. The van der Waals surface area contributed by atoms with Crippen molar-refractivity contribution < 1.29 is 14.4 Å². The highest BCUT2D eigenvalue weighted by molar-refractivity contribution is 6.21. The second-order valence-corrected chi connectivity index (χ2v) is 8.04. The Bertz CT molecular complexity index is 1180. The Morgan fingerprint density at radius 3 is 2.44 bits per heavy atom. The third-order valence-electron chi connectivity index (χ3n) is 5.46. The number of nitrogens with one attached hydrogen (secondary N) is 1. The Morgan fingerprint density at radius 2 is 1.72 bits per heavy atom. The van der Waals surface area contributed by atoms with Gasteiger partial charge in [-0.1, -0.05) is 23.8 Å². The summed E-state index contributed by atoms with van der Waals surface area (Å²) in [7, 11) is 3.97. The van der Waals surface area contributed by atoms with Crippen LogP contribution in [0.1, 0.15) is 38.3 Å². The van der Waals surface area contributed by atoms with Crippen LogP contribution in [0.2, 0.25) is 0 Å². The molecule has 2 aromatic carbocycles. The van der Waals surface area contributed by atoms with Crippen molar-refractivity contribution in [3.63, 3.8) is 0 Å². The molecule has 164 valence electrons. The highest BCUT2D eigenvalue weighted by Gasteiger charge is 2.35. The molecule has 0 radical (unpaired) electrons. The minimum atomic E-state index is -0.357. The Morgan fingerprint density at radius 1 is 1.00 bits per heavy atom. The van der Waals surface area contributed by atoms with Crippen molar-refractivity contribution in [1.29, 1.82) is 0 Å². The fourth-order valence-electron chi connectivity index (χ4n) is 3.66. The van der Waals surface area contributed by atoms with Crippen LogP contribution in [0.25, 0.3) is 0 Å². The number of imide groups is 1. The summed E-state index contributed by atoms with van der Waals surface area (Å²) in [5.41, 5.74) is 3.85. The molecule has 3 amide bonds. The lowest BCUT2D eigenvalue weighted by atomic mass is 10.1. The van der Waals surface area contributed by atoms with E-state index in [1.54, 1.807) is 35.1 Å². The van der Waals surface area contributed by atoms with Crippen molar-refractivity contribution in [2.75, 3.05) is 30.9 Å². The van der Waals surface area contributed by atoms with Crippen LogP contribution in [0.4, 0.5) is 11.5 Å². The van der Waals surface area contributed by atoms with Crippen LogP contribution in [0.3, 0.4) is 0 Å². The van der Waals surface area contributed by atoms with Gasteiger partial charge in [-0.3, -0.25) is 19.3 Å². The van der Waals surface area contributed by atoms with E-state index in [1.165, 1.54) is 0 Å². The Labute approximate surface area is 186 Å². The number of aryl methyl sites for hydroxylation is 1. The number of rotatable bonds is 7. The predicted molar refractivity (Wildman–Crippen MR) is 122 cm³/mol. The molecule has 0 saturated heterocycles. The number of hydrogen-bond acceptors (Lipinski definition) is 5. The molecule has 0 saturated carbocycles. The van der Waals surface area contributed by atoms with Gasteiger partial charge in [0.2, 0.25) is 5.91 Å². The standard InChI is InChI=1S/C24H25N5O3/c1-16-4-9-19-20(14-16)24(32)28(23(19)31)13-11-22(30)26-21-10-12-25-29(21)15-17-5-7-18(8-6-17)27(2)3/h4-10,12,14H,11,13,15H2,1-3H3,(H,26,30). The van der Waals surface area contributed by atoms with Gasteiger partial charge in [0.05, 0.1) is 23.9 Å². The van der Waals surface area contributed by atoms with Crippen LogP contribution >= 0.6 is 0 Å². The molecule has 0 bridgehead atoms. The topological polar surface area (TPSA) is 87.5 Å². The fraction of sp³-hybridized carbons (Fsp3) is 0.250. The molecule has 2 heterocycles. The number of hydrogen-bond donors (Lipinski definition) is 1. The molecule has 1 N–H and O–H groups in total. The van der Waals surface area contributed by atoms with Crippen molar-refractivity contribution >= 4 is 29.2 Å². The molecule has 4 rings (SSSR count). The van der Waals surface area contributed by atoms with Crippen molar-refractivity contribution in [3.8, 4) is 0 Å². The minimum Gasteiger partial charge on any atom is -0.378 e. The van der Waals surface area contributed by atoms with Gasteiger partial charge in [-0.05, 0) is 36.8 Å². The van der Waals surface area contributed by atoms with Gasteiger partial charge in [-0.2, -0.15) is 5.10 Å². The zero-order chi connectivity index (χ0) is 22.8. The molecule has 0 fully saturated rings. The largest absolute Gasteiger partial charge is 0.378 e. The van der Waals surface area contributed by atoms with Gasteiger partial charge in [0.1, 0.15) is 5.82 Å². The molecule has 0 atom stereocenters. The van der Waals surface area contributed by atoms with E-state index in [4.69, 9.17) is 0 Å². The van der Waals surface area contributed by atoms with Gasteiger partial charge in [-0.15, -0.1) is 0 Å². The lowest BCUT2D eigenvalue weighted by molar-refractivity contribution is -0.116. The van der Waals surface area contributed by atoms with Crippen molar-refractivity contribution in [1.82, 2.24) is 14.7 Å². The quantitative estimate of drug-likeness (QED) is 0.581. The molecule has 0 spiro atoms. The van der Waals surface area contributed by atoms with Crippen LogP contribution in [0.5, 0.6) is 0 Å². The van der Waals surface area contributed by atoms with E-state index in [2.05, 4.69) is 10.4 Å². The number of amides is 3. The van der Waals surface area contributed by atoms with Gasteiger partial charge < -0.3 is 10.2 Å². The number of fused-ring (bicyclic) bond motifs is 1. The third kappa shape index (κ3) is 4.25. The van der Waals surface area contributed by atoms with Gasteiger partial charge >= 0.3 is 0 Å². The van der Waals surface area contributed by atoms with Crippen LogP contribution in [0, 0.1) is 6.92 Å². The first-order chi connectivity index (χ1) is 15.3. The molecule has 8 heteroatoms. The molecule has 0 unspecified atom stereocenters. The molecule has 1 aliphatic rings. The van der Waals surface area contributed by atoms with E-state index in [9.17, 15) is 14.4 Å². The second-order valence-electron chi connectivity index (χ2n) is 8.04. The molecular formula is C24H25N5O3. The highest BCUT2D eigenvalue weighted by atomic mass is 16.2. The van der Waals surface area contributed by atoms with E-state index >= 15 is 0 Å². The van der Waals surface area contributed by atoms with Crippen LogP contribution in [-0.2, 0) is 11.3 Å². The number of benzene rings is 2. The van der Waals surface area contributed by atoms with Crippen molar-refractivity contribution in [3.05, 3.63) is 77.0 Å². The van der Waals surface area contributed by atoms with Crippen molar-refractivity contribution in [2.24, 2.45) is 0 Å². The summed E-state index contributed by atoms with van der Waals surface area (Å²) < 4.78 is 1.70. The Balaban J connectivity index is 1.36. The Kier molecular flexibility index (Phi) is 5.77. The van der Waals surface area contributed by atoms with Gasteiger partial charge in [-0.25, -0.2) is 4.68 Å². The summed E-state index contributed by atoms with van der Waals surface area (Å²) in [6, 6.07) is 15.0. The van der Waals surface area contributed by atoms with E-state index in [0.29, 0.717) is 23.5 Å². The molecule has 1 aliphatic heterocycles. The third-order valence-corrected chi connectivity index (χ3v) is 5.46. The molecule has 3 aromatic rings. The average Bonchev–Trinajstić information content (AvgIpc) is 3.29. The van der Waals surface area contributed by atoms with E-state index in [1.807, 2.05) is 50.2 Å². The lowest BCUT2D eigenvalue weighted by Gasteiger charge is -2.15. The van der Waals surface area contributed by atoms with E-state index in [-0.39, 0.29) is 30.7 Å². The number of aromatic nitrogens is 2. The summed E-state index contributed by atoms with van der Waals surface area (Å²) >= 11 is 0.